The summed E-state index contributed by atoms with van der Waals surface area (Å²) in [7, 11) is 0. The Hall–Kier alpha value is -2.34. The smallest absolute Gasteiger partial charge is 0.00177 e. The molecule has 5 rings (SSSR count). The molecule has 0 fully saturated rings. The van der Waals surface area contributed by atoms with E-state index in [1.165, 1.54) is 54.6 Å². The topological polar surface area (TPSA) is 0 Å². The summed E-state index contributed by atoms with van der Waals surface area (Å²) in [5.41, 5.74) is 5.62. The van der Waals surface area contributed by atoms with Gasteiger partial charge in [0.25, 0.3) is 0 Å². The van der Waals surface area contributed by atoms with E-state index in [0.29, 0.717) is 0 Å². The minimum atomic E-state index is 1.05. The van der Waals surface area contributed by atoms with Crippen LogP contribution < -0.4 is 0 Å². The minimum Gasteiger partial charge on any atom is -0.0795 e. The van der Waals surface area contributed by atoms with Gasteiger partial charge in [0.2, 0.25) is 0 Å². The van der Waals surface area contributed by atoms with E-state index in [9.17, 15) is 0 Å². The SMILES string of the molecule is Cc1cc2ccc3cc(C)c4c5c(cc(c1)c2c35)CC=C4. The molecule has 4 aromatic rings. The largest absolute Gasteiger partial charge is 0.0795 e. The molecule has 0 saturated heterocycles. The van der Waals surface area contributed by atoms with Gasteiger partial charge in [-0.15, -0.1) is 0 Å². The molecule has 0 aromatic heterocycles. The fraction of sp³-hybridized carbons (Fsp3) is 0.143. The van der Waals surface area contributed by atoms with E-state index in [1.54, 1.807) is 0 Å². The minimum absolute atomic E-state index is 1.05. The molecule has 0 saturated carbocycles. The predicted molar refractivity (Wildman–Crippen MR) is 92.4 cm³/mol. The standard InChI is InChI=1S/C21H16/c1-12-8-15-6-7-16-10-13(2)18-5-3-4-14-11-17(9-12)19(15)21(16)20(14)18/h3,5-11H,4H2,1-2H3. The van der Waals surface area contributed by atoms with E-state index in [2.05, 4.69) is 62.4 Å². The first-order valence-corrected chi connectivity index (χ1v) is 7.60. The van der Waals surface area contributed by atoms with Crippen molar-refractivity contribution in [2.24, 2.45) is 0 Å². The predicted octanol–water partition coefficient (Wildman–Crippen LogP) is 5.77. The van der Waals surface area contributed by atoms with Crippen molar-refractivity contribution in [3.8, 4) is 0 Å². The summed E-state index contributed by atoms with van der Waals surface area (Å²) in [5, 5.41) is 8.52. The Morgan fingerprint density at radius 2 is 1.52 bits per heavy atom. The summed E-state index contributed by atoms with van der Waals surface area (Å²) in [6, 6.07) is 13.9. The van der Waals surface area contributed by atoms with E-state index >= 15 is 0 Å². The van der Waals surface area contributed by atoms with Gasteiger partial charge in [0.1, 0.15) is 0 Å². The zero-order valence-corrected chi connectivity index (χ0v) is 12.3. The first-order valence-electron chi connectivity index (χ1n) is 7.60. The number of allylic oxidation sites excluding steroid dienone is 1. The van der Waals surface area contributed by atoms with Crippen molar-refractivity contribution in [3.63, 3.8) is 0 Å². The zero-order valence-electron chi connectivity index (χ0n) is 12.3. The van der Waals surface area contributed by atoms with Crippen LogP contribution in [0.1, 0.15) is 22.3 Å². The third-order valence-corrected chi connectivity index (χ3v) is 4.91. The lowest BCUT2D eigenvalue weighted by Crippen LogP contribution is -1.98. The van der Waals surface area contributed by atoms with Crippen molar-refractivity contribution in [3.05, 3.63) is 64.7 Å². The fourth-order valence-electron chi connectivity index (χ4n) is 4.09. The van der Waals surface area contributed by atoms with Crippen molar-refractivity contribution in [2.45, 2.75) is 20.3 Å². The molecule has 0 unspecified atom stereocenters. The number of aryl methyl sites for hydroxylation is 2. The molecule has 0 heteroatoms. The maximum absolute atomic E-state index is 2.41. The highest BCUT2D eigenvalue weighted by Gasteiger charge is 2.17. The van der Waals surface area contributed by atoms with Crippen LogP contribution in [0.4, 0.5) is 0 Å². The molecule has 0 N–H and O–H groups in total. The van der Waals surface area contributed by atoms with Gasteiger partial charge in [-0.25, -0.2) is 0 Å². The Morgan fingerprint density at radius 1 is 0.762 bits per heavy atom. The lowest BCUT2D eigenvalue weighted by molar-refractivity contribution is 1.29. The molecule has 1 aliphatic rings. The third-order valence-electron chi connectivity index (χ3n) is 4.91. The molecule has 0 atom stereocenters. The summed E-state index contributed by atoms with van der Waals surface area (Å²) in [5.74, 6) is 0. The Bertz CT molecular complexity index is 1060. The number of hydrogen-bond donors (Lipinski definition) is 0. The fourth-order valence-corrected chi connectivity index (χ4v) is 4.09. The van der Waals surface area contributed by atoms with Crippen molar-refractivity contribution < 1.29 is 0 Å². The quantitative estimate of drug-likeness (QED) is 0.355. The maximum Gasteiger partial charge on any atom is -0.00177 e. The molecule has 0 heterocycles. The molecular formula is C21H16. The van der Waals surface area contributed by atoms with Gasteiger partial charge in [-0.05, 0) is 74.8 Å². The Balaban J connectivity index is 2.20. The molecule has 1 aliphatic carbocycles. The molecule has 4 aromatic carbocycles. The van der Waals surface area contributed by atoms with Crippen molar-refractivity contribution in [1.82, 2.24) is 0 Å². The molecule has 0 radical (unpaired) electrons. The summed E-state index contributed by atoms with van der Waals surface area (Å²) >= 11 is 0. The van der Waals surface area contributed by atoms with Gasteiger partial charge < -0.3 is 0 Å². The van der Waals surface area contributed by atoms with Gasteiger partial charge in [-0.2, -0.15) is 0 Å². The average Bonchev–Trinajstić information content (AvgIpc) is 2.47. The summed E-state index contributed by atoms with van der Waals surface area (Å²) in [6.45, 7) is 4.42. The van der Waals surface area contributed by atoms with E-state index in [1.807, 2.05) is 0 Å². The van der Waals surface area contributed by atoms with E-state index in [4.69, 9.17) is 0 Å². The lowest BCUT2D eigenvalue weighted by atomic mass is 9.83. The van der Waals surface area contributed by atoms with Crippen molar-refractivity contribution in [2.75, 3.05) is 0 Å². The van der Waals surface area contributed by atoms with Crippen LogP contribution >= 0.6 is 0 Å². The van der Waals surface area contributed by atoms with E-state index in [-0.39, 0.29) is 0 Å². The van der Waals surface area contributed by atoms with E-state index < -0.39 is 0 Å². The second-order valence-corrected chi connectivity index (χ2v) is 6.37. The second-order valence-electron chi connectivity index (χ2n) is 6.37. The van der Waals surface area contributed by atoms with Crippen LogP contribution in [0.5, 0.6) is 0 Å². The van der Waals surface area contributed by atoms with Gasteiger partial charge in [0, 0.05) is 0 Å². The first kappa shape index (κ1) is 11.3. The van der Waals surface area contributed by atoms with Crippen LogP contribution in [0.15, 0.2) is 42.5 Å². The number of rotatable bonds is 0. The molecular weight excluding hydrogens is 252 g/mol. The molecule has 100 valence electrons. The molecule has 0 aliphatic heterocycles. The van der Waals surface area contributed by atoms with Crippen LogP contribution in [-0.4, -0.2) is 0 Å². The monoisotopic (exact) mass is 268 g/mol. The molecule has 0 nitrogen and oxygen atoms in total. The zero-order chi connectivity index (χ0) is 14.1. The number of hydrogen-bond acceptors (Lipinski definition) is 0. The van der Waals surface area contributed by atoms with Crippen LogP contribution in [0, 0.1) is 13.8 Å². The highest BCUT2D eigenvalue weighted by Crippen LogP contribution is 2.41. The molecule has 0 amide bonds. The average molecular weight is 268 g/mol. The van der Waals surface area contributed by atoms with Crippen LogP contribution in [0.3, 0.4) is 0 Å². The van der Waals surface area contributed by atoms with Crippen LogP contribution in [-0.2, 0) is 6.42 Å². The van der Waals surface area contributed by atoms with Crippen LogP contribution in [0.2, 0.25) is 0 Å². The van der Waals surface area contributed by atoms with Crippen LogP contribution in [0.25, 0.3) is 38.4 Å². The second kappa shape index (κ2) is 3.65. The Labute approximate surface area is 124 Å². The van der Waals surface area contributed by atoms with Gasteiger partial charge in [-0.3, -0.25) is 0 Å². The van der Waals surface area contributed by atoms with Gasteiger partial charge in [-0.1, -0.05) is 48.6 Å². The Morgan fingerprint density at radius 3 is 2.38 bits per heavy atom. The first-order chi connectivity index (χ1) is 10.2. The Kier molecular flexibility index (Phi) is 1.97. The summed E-state index contributed by atoms with van der Waals surface area (Å²) in [4.78, 5) is 0. The van der Waals surface area contributed by atoms with Gasteiger partial charge >= 0.3 is 0 Å². The van der Waals surface area contributed by atoms with E-state index in [0.717, 1.165) is 6.42 Å². The molecule has 21 heavy (non-hydrogen) atoms. The highest BCUT2D eigenvalue weighted by atomic mass is 14.2. The highest BCUT2D eigenvalue weighted by molar-refractivity contribution is 6.25. The lowest BCUT2D eigenvalue weighted by Gasteiger charge is -2.20. The summed E-state index contributed by atoms with van der Waals surface area (Å²) in [6.07, 6.45) is 5.66. The molecule has 0 bridgehead atoms. The number of benzene rings is 4. The summed E-state index contributed by atoms with van der Waals surface area (Å²) < 4.78 is 0. The van der Waals surface area contributed by atoms with Gasteiger partial charge in [0.15, 0.2) is 0 Å². The van der Waals surface area contributed by atoms with Gasteiger partial charge in [0.05, 0.1) is 0 Å². The van der Waals surface area contributed by atoms with Crippen molar-refractivity contribution >= 4 is 38.4 Å². The normalized spacial score (nSPS) is 13.8. The van der Waals surface area contributed by atoms with Crippen molar-refractivity contribution in [1.29, 1.82) is 0 Å². The third kappa shape index (κ3) is 1.35. The molecule has 0 spiro atoms. The maximum atomic E-state index is 2.41.